The quantitative estimate of drug-likeness (QED) is 0.666. The van der Waals surface area contributed by atoms with Crippen molar-refractivity contribution < 1.29 is 4.79 Å². The van der Waals surface area contributed by atoms with Crippen molar-refractivity contribution in [3.63, 3.8) is 0 Å². The maximum Gasteiger partial charge on any atom is 0.255 e. The van der Waals surface area contributed by atoms with Crippen molar-refractivity contribution in [1.82, 2.24) is 4.90 Å². The van der Waals surface area contributed by atoms with Crippen LogP contribution >= 0.6 is 38.5 Å². The Bertz CT molecular complexity index is 421. The van der Waals surface area contributed by atoms with Gasteiger partial charge in [0.1, 0.15) is 0 Å². The first kappa shape index (κ1) is 12.4. The van der Waals surface area contributed by atoms with E-state index in [1.54, 1.807) is 0 Å². The smallest absolute Gasteiger partial charge is 0.255 e. The lowest BCUT2D eigenvalue weighted by Crippen LogP contribution is -2.34. The molecular formula is C12H13BrINO. The number of benzene rings is 1. The average molecular weight is 394 g/mol. The van der Waals surface area contributed by atoms with E-state index in [-0.39, 0.29) is 5.91 Å². The standard InChI is InChI=1S/C12H13BrINO/c1-8-3-2-6-15(8)12(16)10-5-4-9(13)7-11(10)14/h4-5,7-8H,2-3,6H2,1H3/t8-/m1/s1. The number of carbonyl (C=O) groups is 1. The molecule has 0 aliphatic carbocycles. The van der Waals surface area contributed by atoms with E-state index < -0.39 is 0 Å². The molecule has 0 aromatic heterocycles. The monoisotopic (exact) mass is 393 g/mol. The molecule has 0 radical (unpaired) electrons. The van der Waals surface area contributed by atoms with Gasteiger partial charge in [-0.2, -0.15) is 0 Å². The van der Waals surface area contributed by atoms with Gasteiger partial charge in [-0.3, -0.25) is 4.79 Å². The molecule has 16 heavy (non-hydrogen) atoms. The van der Waals surface area contributed by atoms with E-state index in [1.165, 1.54) is 0 Å². The van der Waals surface area contributed by atoms with Crippen LogP contribution in [0.5, 0.6) is 0 Å². The Morgan fingerprint density at radius 3 is 2.88 bits per heavy atom. The summed E-state index contributed by atoms with van der Waals surface area (Å²) in [4.78, 5) is 14.3. The zero-order valence-electron chi connectivity index (χ0n) is 9.04. The van der Waals surface area contributed by atoms with E-state index in [1.807, 2.05) is 23.1 Å². The van der Waals surface area contributed by atoms with Crippen molar-refractivity contribution in [2.75, 3.05) is 6.54 Å². The van der Waals surface area contributed by atoms with Gasteiger partial charge in [0.15, 0.2) is 0 Å². The van der Waals surface area contributed by atoms with Crippen molar-refractivity contribution in [2.24, 2.45) is 0 Å². The molecule has 4 heteroatoms. The second-order valence-corrected chi connectivity index (χ2v) is 6.19. The fourth-order valence-electron chi connectivity index (χ4n) is 2.05. The number of carbonyl (C=O) groups excluding carboxylic acids is 1. The largest absolute Gasteiger partial charge is 0.336 e. The van der Waals surface area contributed by atoms with E-state index >= 15 is 0 Å². The van der Waals surface area contributed by atoms with Gasteiger partial charge in [0, 0.05) is 20.6 Å². The van der Waals surface area contributed by atoms with Crippen LogP contribution in [0, 0.1) is 3.57 Å². The summed E-state index contributed by atoms with van der Waals surface area (Å²) < 4.78 is 2.03. The minimum Gasteiger partial charge on any atom is -0.336 e. The van der Waals surface area contributed by atoms with Gasteiger partial charge >= 0.3 is 0 Å². The lowest BCUT2D eigenvalue weighted by atomic mass is 10.2. The summed E-state index contributed by atoms with van der Waals surface area (Å²) in [7, 11) is 0. The summed E-state index contributed by atoms with van der Waals surface area (Å²) in [5, 5.41) is 0. The van der Waals surface area contributed by atoms with E-state index in [4.69, 9.17) is 0 Å². The summed E-state index contributed by atoms with van der Waals surface area (Å²) in [5.41, 5.74) is 0.817. The van der Waals surface area contributed by atoms with Crippen molar-refractivity contribution in [3.8, 4) is 0 Å². The Hall–Kier alpha value is -0.100. The van der Waals surface area contributed by atoms with Crippen LogP contribution in [-0.4, -0.2) is 23.4 Å². The Kier molecular flexibility index (Phi) is 3.89. The number of amides is 1. The Morgan fingerprint density at radius 2 is 2.31 bits per heavy atom. The molecule has 0 bridgehead atoms. The van der Waals surface area contributed by atoms with Crippen LogP contribution in [0.3, 0.4) is 0 Å². The number of likely N-dealkylation sites (tertiary alicyclic amines) is 1. The highest BCUT2D eigenvalue weighted by atomic mass is 127. The van der Waals surface area contributed by atoms with E-state index in [9.17, 15) is 4.79 Å². The molecule has 1 aliphatic heterocycles. The van der Waals surface area contributed by atoms with Gasteiger partial charge in [-0.05, 0) is 60.6 Å². The summed E-state index contributed by atoms with van der Waals surface area (Å²) in [6.45, 7) is 3.02. The van der Waals surface area contributed by atoms with E-state index in [0.29, 0.717) is 6.04 Å². The predicted octanol–water partition coefficient (Wildman–Crippen LogP) is 3.68. The third kappa shape index (κ3) is 2.42. The van der Waals surface area contributed by atoms with Crippen LogP contribution in [0.1, 0.15) is 30.1 Å². The van der Waals surface area contributed by atoms with Gasteiger partial charge in [0.2, 0.25) is 0 Å². The Labute approximate surface area is 118 Å². The van der Waals surface area contributed by atoms with Crippen molar-refractivity contribution in [1.29, 1.82) is 0 Å². The minimum atomic E-state index is 0.168. The fraction of sp³-hybridized carbons (Fsp3) is 0.417. The molecule has 86 valence electrons. The maximum absolute atomic E-state index is 12.3. The highest BCUT2D eigenvalue weighted by Gasteiger charge is 2.26. The van der Waals surface area contributed by atoms with Crippen LogP contribution in [-0.2, 0) is 0 Å². The molecule has 0 N–H and O–H groups in total. The van der Waals surface area contributed by atoms with Crippen molar-refractivity contribution in [2.45, 2.75) is 25.8 Å². The number of hydrogen-bond donors (Lipinski definition) is 0. The van der Waals surface area contributed by atoms with Gasteiger partial charge in [-0.15, -0.1) is 0 Å². The number of nitrogens with zero attached hydrogens (tertiary/aromatic N) is 1. The Morgan fingerprint density at radius 1 is 1.56 bits per heavy atom. The summed E-state index contributed by atoms with van der Waals surface area (Å²) in [6.07, 6.45) is 2.25. The molecule has 0 saturated carbocycles. The molecule has 2 rings (SSSR count). The van der Waals surface area contributed by atoms with E-state index in [0.717, 1.165) is 33.0 Å². The molecule has 1 atom stereocenters. The van der Waals surface area contributed by atoms with Crippen LogP contribution in [0.4, 0.5) is 0 Å². The van der Waals surface area contributed by atoms with Crippen LogP contribution < -0.4 is 0 Å². The van der Waals surface area contributed by atoms with Crippen LogP contribution in [0.2, 0.25) is 0 Å². The molecule has 2 nitrogen and oxygen atoms in total. The molecule has 1 amide bonds. The zero-order chi connectivity index (χ0) is 11.7. The SMILES string of the molecule is C[C@@H]1CCCN1C(=O)c1ccc(Br)cc1I. The van der Waals surface area contributed by atoms with Gasteiger partial charge < -0.3 is 4.90 Å². The molecule has 1 heterocycles. The second-order valence-electron chi connectivity index (χ2n) is 4.11. The first-order valence-corrected chi connectivity index (χ1v) is 7.23. The average Bonchev–Trinajstić information content (AvgIpc) is 2.63. The number of rotatable bonds is 1. The molecule has 1 aromatic rings. The second kappa shape index (κ2) is 5.04. The molecule has 0 spiro atoms. The molecule has 0 unspecified atom stereocenters. The minimum absolute atomic E-state index is 0.168. The maximum atomic E-state index is 12.3. The first-order valence-electron chi connectivity index (χ1n) is 5.35. The fourth-order valence-corrected chi connectivity index (χ4v) is 3.59. The van der Waals surface area contributed by atoms with Gasteiger partial charge in [-0.1, -0.05) is 15.9 Å². The lowest BCUT2D eigenvalue weighted by Gasteiger charge is -2.22. The highest BCUT2D eigenvalue weighted by Crippen LogP contribution is 2.24. The molecule has 1 aromatic carbocycles. The molecular weight excluding hydrogens is 381 g/mol. The summed E-state index contributed by atoms with van der Waals surface area (Å²) in [6, 6.07) is 6.19. The van der Waals surface area contributed by atoms with Crippen molar-refractivity contribution in [3.05, 3.63) is 31.8 Å². The van der Waals surface area contributed by atoms with E-state index in [2.05, 4.69) is 45.4 Å². The molecule has 1 saturated heterocycles. The predicted molar refractivity (Wildman–Crippen MR) is 76.6 cm³/mol. The van der Waals surface area contributed by atoms with Crippen LogP contribution in [0.25, 0.3) is 0 Å². The van der Waals surface area contributed by atoms with Gasteiger partial charge in [-0.25, -0.2) is 0 Å². The zero-order valence-corrected chi connectivity index (χ0v) is 12.8. The summed E-state index contributed by atoms with van der Waals surface area (Å²) in [5.74, 6) is 0.168. The third-order valence-corrected chi connectivity index (χ3v) is 4.36. The number of halogens is 2. The molecule has 1 aliphatic rings. The highest BCUT2D eigenvalue weighted by molar-refractivity contribution is 14.1. The van der Waals surface area contributed by atoms with Crippen molar-refractivity contribution >= 4 is 44.4 Å². The molecule has 1 fully saturated rings. The third-order valence-electron chi connectivity index (χ3n) is 2.98. The lowest BCUT2D eigenvalue weighted by molar-refractivity contribution is 0.0746. The topological polar surface area (TPSA) is 20.3 Å². The van der Waals surface area contributed by atoms with Gasteiger partial charge in [0.25, 0.3) is 5.91 Å². The van der Waals surface area contributed by atoms with Gasteiger partial charge in [0.05, 0.1) is 5.56 Å². The number of hydrogen-bond acceptors (Lipinski definition) is 1. The first-order chi connectivity index (χ1) is 7.59. The van der Waals surface area contributed by atoms with Crippen LogP contribution in [0.15, 0.2) is 22.7 Å². The normalized spacial score (nSPS) is 20.2. The summed E-state index contributed by atoms with van der Waals surface area (Å²) >= 11 is 5.63. The Balaban J connectivity index is 2.27.